The quantitative estimate of drug-likeness (QED) is 0.822. The van der Waals surface area contributed by atoms with E-state index < -0.39 is 0 Å². The summed E-state index contributed by atoms with van der Waals surface area (Å²) in [5, 5.41) is 3.26. The second-order valence-electron chi connectivity index (χ2n) is 4.50. The predicted octanol–water partition coefficient (Wildman–Crippen LogP) is 0.988. The summed E-state index contributed by atoms with van der Waals surface area (Å²) in [7, 11) is 1.95. The van der Waals surface area contributed by atoms with Crippen LogP contribution < -0.4 is 15.6 Å². The normalized spacial score (nSPS) is 24.6. The van der Waals surface area contributed by atoms with Crippen LogP contribution in [0, 0.1) is 6.92 Å². The fraction of sp³-hybridized carbons (Fsp3) is 0.667. The molecule has 1 fully saturated rings. The minimum Gasteiger partial charge on any atom is -0.473 e. The van der Waals surface area contributed by atoms with E-state index in [1.54, 1.807) is 6.92 Å². The molecule has 1 aliphatic carbocycles. The molecule has 1 aliphatic rings. The monoisotopic (exact) mass is 237 g/mol. The molecule has 2 rings (SSSR count). The van der Waals surface area contributed by atoms with E-state index >= 15 is 0 Å². The zero-order chi connectivity index (χ0) is 12.3. The van der Waals surface area contributed by atoms with E-state index in [0.29, 0.717) is 17.7 Å². The molecule has 0 bridgehead atoms. The second kappa shape index (κ2) is 5.31. The number of ether oxygens (including phenoxy) is 1. The Morgan fingerprint density at radius 3 is 2.94 bits per heavy atom. The maximum Gasteiger partial charge on any atom is 0.254 e. The average Bonchev–Trinajstić information content (AvgIpc) is 2.28. The molecule has 2 atom stereocenters. The molecule has 0 spiro atoms. The smallest absolute Gasteiger partial charge is 0.254 e. The number of rotatable bonds is 3. The van der Waals surface area contributed by atoms with Crippen LogP contribution in [0.2, 0.25) is 0 Å². The lowest BCUT2D eigenvalue weighted by Crippen LogP contribution is -2.43. The van der Waals surface area contributed by atoms with E-state index in [0.717, 1.165) is 12.8 Å². The van der Waals surface area contributed by atoms with E-state index in [-0.39, 0.29) is 11.7 Å². The van der Waals surface area contributed by atoms with Gasteiger partial charge in [0.05, 0.1) is 6.07 Å². The molecule has 1 heterocycles. The van der Waals surface area contributed by atoms with Gasteiger partial charge in [-0.1, -0.05) is 6.42 Å². The lowest BCUT2D eigenvalue weighted by molar-refractivity contribution is 0.112. The van der Waals surface area contributed by atoms with E-state index in [4.69, 9.17) is 4.74 Å². The van der Waals surface area contributed by atoms with Gasteiger partial charge in [0.1, 0.15) is 11.9 Å². The Hall–Kier alpha value is -1.36. The Bertz CT molecular complexity index is 430. The minimum absolute atomic E-state index is 0.113. The van der Waals surface area contributed by atoms with Crippen molar-refractivity contribution >= 4 is 0 Å². The fourth-order valence-corrected chi connectivity index (χ4v) is 2.34. The van der Waals surface area contributed by atoms with Crippen molar-refractivity contribution in [3.63, 3.8) is 0 Å². The summed E-state index contributed by atoms with van der Waals surface area (Å²) < 4.78 is 5.83. The third kappa shape index (κ3) is 3.06. The van der Waals surface area contributed by atoms with E-state index in [1.807, 2.05) is 7.05 Å². The Labute approximate surface area is 101 Å². The Balaban J connectivity index is 2.10. The van der Waals surface area contributed by atoms with Crippen LogP contribution in [0.15, 0.2) is 10.9 Å². The molecular weight excluding hydrogens is 218 g/mol. The first kappa shape index (κ1) is 12.1. The summed E-state index contributed by atoms with van der Waals surface area (Å²) >= 11 is 0. The van der Waals surface area contributed by atoms with Gasteiger partial charge in [-0.2, -0.15) is 0 Å². The highest BCUT2D eigenvalue weighted by atomic mass is 16.5. The van der Waals surface area contributed by atoms with Crippen molar-refractivity contribution in [3.8, 4) is 5.88 Å². The van der Waals surface area contributed by atoms with Crippen molar-refractivity contribution in [3.05, 3.63) is 22.2 Å². The highest BCUT2D eigenvalue weighted by Crippen LogP contribution is 2.22. The zero-order valence-corrected chi connectivity index (χ0v) is 10.3. The second-order valence-corrected chi connectivity index (χ2v) is 4.50. The molecule has 1 aromatic rings. The Morgan fingerprint density at radius 2 is 2.24 bits per heavy atom. The minimum atomic E-state index is -0.163. The van der Waals surface area contributed by atoms with Gasteiger partial charge in [-0.25, -0.2) is 4.98 Å². The highest BCUT2D eigenvalue weighted by molar-refractivity contribution is 5.09. The van der Waals surface area contributed by atoms with E-state index in [2.05, 4.69) is 15.3 Å². The lowest BCUT2D eigenvalue weighted by atomic mass is 9.92. The van der Waals surface area contributed by atoms with Crippen molar-refractivity contribution in [2.75, 3.05) is 7.05 Å². The van der Waals surface area contributed by atoms with Crippen LogP contribution in [0.3, 0.4) is 0 Å². The van der Waals surface area contributed by atoms with E-state index in [1.165, 1.54) is 18.9 Å². The number of hydrogen-bond donors (Lipinski definition) is 2. The largest absolute Gasteiger partial charge is 0.473 e. The van der Waals surface area contributed by atoms with Crippen LogP contribution in [0.5, 0.6) is 5.88 Å². The molecular formula is C12H19N3O2. The molecule has 0 saturated heterocycles. The summed E-state index contributed by atoms with van der Waals surface area (Å²) in [5.41, 5.74) is -0.163. The molecule has 1 aromatic heterocycles. The maximum atomic E-state index is 11.3. The van der Waals surface area contributed by atoms with Crippen molar-refractivity contribution in [1.82, 2.24) is 15.3 Å². The summed E-state index contributed by atoms with van der Waals surface area (Å²) in [4.78, 5) is 18.1. The molecule has 5 heteroatoms. The molecule has 2 N–H and O–H groups in total. The topological polar surface area (TPSA) is 67.0 Å². The van der Waals surface area contributed by atoms with Gasteiger partial charge in [0.15, 0.2) is 0 Å². The predicted molar refractivity (Wildman–Crippen MR) is 65.3 cm³/mol. The van der Waals surface area contributed by atoms with Crippen molar-refractivity contribution < 1.29 is 4.74 Å². The van der Waals surface area contributed by atoms with Gasteiger partial charge in [-0.15, -0.1) is 0 Å². The van der Waals surface area contributed by atoms with Crippen LogP contribution in [0.1, 0.15) is 31.5 Å². The summed E-state index contributed by atoms with van der Waals surface area (Å²) in [6.45, 7) is 1.75. The van der Waals surface area contributed by atoms with Crippen LogP contribution in [0.4, 0.5) is 0 Å². The summed E-state index contributed by atoms with van der Waals surface area (Å²) in [5.74, 6) is 1.02. The number of nitrogens with zero attached hydrogens (tertiary/aromatic N) is 1. The first-order valence-corrected chi connectivity index (χ1v) is 6.11. The summed E-state index contributed by atoms with van der Waals surface area (Å²) in [6.07, 6.45) is 4.64. The highest BCUT2D eigenvalue weighted by Gasteiger charge is 2.25. The van der Waals surface area contributed by atoms with Gasteiger partial charge in [-0.05, 0) is 33.2 Å². The molecule has 17 heavy (non-hydrogen) atoms. The Kier molecular flexibility index (Phi) is 3.78. The molecule has 0 amide bonds. The van der Waals surface area contributed by atoms with Crippen molar-refractivity contribution in [2.45, 2.75) is 44.8 Å². The number of aromatic amines is 1. The van der Waals surface area contributed by atoms with Crippen LogP contribution >= 0.6 is 0 Å². The Morgan fingerprint density at radius 1 is 1.47 bits per heavy atom. The zero-order valence-electron chi connectivity index (χ0n) is 10.3. The maximum absolute atomic E-state index is 11.3. The molecule has 94 valence electrons. The number of hydrogen-bond acceptors (Lipinski definition) is 4. The SMILES string of the molecule is CNC1CCCCC1Oc1cc(=O)[nH]c(C)n1. The average molecular weight is 237 g/mol. The van der Waals surface area contributed by atoms with Gasteiger partial charge < -0.3 is 15.0 Å². The van der Waals surface area contributed by atoms with Crippen molar-refractivity contribution in [1.29, 1.82) is 0 Å². The number of aromatic nitrogens is 2. The first-order valence-electron chi connectivity index (χ1n) is 6.11. The van der Waals surface area contributed by atoms with Gasteiger partial charge in [0, 0.05) is 6.04 Å². The third-order valence-electron chi connectivity index (χ3n) is 3.18. The van der Waals surface area contributed by atoms with Crippen LogP contribution in [0.25, 0.3) is 0 Å². The first-order chi connectivity index (χ1) is 8.19. The summed E-state index contributed by atoms with van der Waals surface area (Å²) in [6, 6.07) is 1.76. The van der Waals surface area contributed by atoms with Gasteiger partial charge >= 0.3 is 0 Å². The molecule has 0 radical (unpaired) electrons. The molecule has 1 saturated carbocycles. The fourth-order valence-electron chi connectivity index (χ4n) is 2.34. The number of likely N-dealkylation sites (N-methyl/N-ethyl adjacent to an activating group) is 1. The lowest BCUT2D eigenvalue weighted by Gasteiger charge is -2.31. The van der Waals surface area contributed by atoms with E-state index in [9.17, 15) is 4.79 Å². The number of aryl methyl sites for hydroxylation is 1. The molecule has 2 unspecified atom stereocenters. The third-order valence-corrected chi connectivity index (χ3v) is 3.18. The standard InChI is InChI=1S/C12H19N3O2/c1-8-14-11(16)7-12(15-8)17-10-6-4-3-5-9(10)13-2/h7,9-10,13H,3-6H2,1-2H3,(H,14,15,16). The molecule has 0 aromatic carbocycles. The van der Waals surface area contributed by atoms with Crippen molar-refractivity contribution in [2.24, 2.45) is 0 Å². The van der Waals surface area contributed by atoms with Crippen LogP contribution in [-0.2, 0) is 0 Å². The molecule has 5 nitrogen and oxygen atoms in total. The van der Waals surface area contributed by atoms with Crippen LogP contribution in [-0.4, -0.2) is 29.2 Å². The molecule has 0 aliphatic heterocycles. The van der Waals surface area contributed by atoms with Gasteiger partial charge in [0.2, 0.25) is 5.88 Å². The number of H-pyrrole nitrogens is 1. The number of nitrogens with one attached hydrogen (secondary N) is 2. The van der Waals surface area contributed by atoms with Gasteiger partial charge in [0.25, 0.3) is 5.56 Å². The van der Waals surface area contributed by atoms with Gasteiger partial charge in [-0.3, -0.25) is 4.79 Å².